The second-order valence-corrected chi connectivity index (χ2v) is 7.28. The van der Waals surface area contributed by atoms with E-state index < -0.39 is 0 Å². The van der Waals surface area contributed by atoms with E-state index in [1.165, 1.54) is 54.5 Å². The van der Waals surface area contributed by atoms with Crippen LogP contribution in [0.5, 0.6) is 11.5 Å². The molecule has 0 atom stereocenters. The number of aromatic nitrogens is 1. The molecule has 142 valence electrons. The molecule has 0 amide bonds. The molecule has 3 aromatic rings. The third kappa shape index (κ3) is 3.67. The smallest absolute Gasteiger partial charge is 0.161 e. The maximum absolute atomic E-state index is 6.19. The highest BCUT2D eigenvalue weighted by atomic mass is 16.5. The zero-order valence-electron chi connectivity index (χ0n) is 16.3. The van der Waals surface area contributed by atoms with Gasteiger partial charge in [0.1, 0.15) is 6.61 Å². The summed E-state index contributed by atoms with van der Waals surface area (Å²) < 4.78 is 13.9. The minimum atomic E-state index is 0.536. The first kappa shape index (κ1) is 17.9. The van der Waals surface area contributed by atoms with Crippen LogP contribution in [-0.4, -0.2) is 29.7 Å². The predicted molar refractivity (Wildman–Crippen MR) is 109 cm³/mol. The second-order valence-electron chi connectivity index (χ2n) is 7.28. The maximum Gasteiger partial charge on any atom is 0.161 e. The molecule has 1 aromatic heterocycles. The zero-order valence-corrected chi connectivity index (χ0v) is 16.3. The molecule has 0 spiro atoms. The molecule has 0 radical (unpaired) electrons. The highest BCUT2D eigenvalue weighted by molar-refractivity contribution is 5.85. The Kier molecular flexibility index (Phi) is 5.35. The average molecular weight is 364 g/mol. The van der Waals surface area contributed by atoms with Crippen molar-refractivity contribution < 1.29 is 9.47 Å². The van der Waals surface area contributed by atoms with E-state index in [0.29, 0.717) is 6.61 Å². The third-order valence-corrected chi connectivity index (χ3v) is 5.61. The molecule has 0 bridgehead atoms. The van der Waals surface area contributed by atoms with Gasteiger partial charge in [-0.3, -0.25) is 4.90 Å². The van der Waals surface area contributed by atoms with Crippen molar-refractivity contribution in [3.8, 4) is 11.5 Å². The molecule has 4 nitrogen and oxygen atoms in total. The van der Waals surface area contributed by atoms with Crippen molar-refractivity contribution in [3.05, 3.63) is 59.8 Å². The third-order valence-electron chi connectivity index (χ3n) is 5.61. The van der Waals surface area contributed by atoms with Gasteiger partial charge in [0, 0.05) is 24.5 Å². The van der Waals surface area contributed by atoms with Crippen molar-refractivity contribution >= 4 is 10.9 Å². The van der Waals surface area contributed by atoms with Crippen LogP contribution in [-0.2, 0) is 20.2 Å². The number of nitrogens with zero attached hydrogens (tertiary/aromatic N) is 2. The van der Waals surface area contributed by atoms with Gasteiger partial charge in [-0.2, -0.15) is 0 Å². The van der Waals surface area contributed by atoms with Crippen LogP contribution < -0.4 is 9.47 Å². The number of benzene rings is 2. The first-order valence-electron chi connectivity index (χ1n) is 9.81. The topological polar surface area (TPSA) is 26.6 Å². The Labute approximate surface area is 161 Å². The molecule has 1 fully saturated rings. The summed E-state index contributed by atoms with van der Waals surface area (Å²) in [6.07, 6.45) is 3.96. The number of hydrogen-bond acceptors (Lipinski definition) is 3. The van der Waals surface area contributed by atoms with Gasteiger partial charge in [0.05, 0.1) is 12.8 Å². The fraction of sp³-hybridized carbons (Fsp3) is 0.391. The summed E-state index contributed by atoms with van der Waals surface area (Å²) in [5.74, 6) is 1.56. The van der Waals surface area contributed by atoms with Crippen molar-refractivity contribution in [2.75, 3.05) is 20.2 Å². The normalized spacial score (nSPS) is 15.2. The Morgan fingerprint density at radius 2 is 1.59 bits per heavy atom. The molecule has 0 aliphatic carbocycles. The van der Waals surface area contributed by atoms with Gasteiger partial charge < -0.3 is 14.0 Å². The molecule has 2 heterocycles. The van der Waals surface area contributed by atoms with E-state index in [-0.39, 0.29) is 0 Å². The van der Waals surface area contributed by atoms with E-state index >= 15 is 0 Å². The average Bonchev–Trinajstić information content (AvgIpc) is 2.99. The lowest BCUT2D eigenvalue weighted by Crippen LogP contribution is -2.29. The molecule has 1 aliphatic rings. The minimum absolute atomic E-state index is 0.536. The van der Waals surface area contributed by atoms with Crippen molar-refractivity contribution in [1.82, 2.24) is 9.47 Å². The van der Waals surface area contributed by atoms with Crippen molar-refractivity contribution in [3.63, 3.8) is 0 Å². The number of aryl methyl sites for hydroxylation is 1. The van der Waals surface area contributed by atoms with Crippen LogP contribution in [0, 0.1) is 0 Å². The van der Waals surface area contributed by atoms with Gasteiger partial charge in [0.15, 0.2) is 11.5 Å². The van der Waals surface area contributed by atoms with Crippen molar-refractivity contribution in [2.24, 2.45) is 7.05 Å². The largest absolute Gasteiger partial charge is 0.493 e. The molecular weight excluding hydrogens is 336 g/mol. The van der Waals surface area contributed by atoms with Crippen LogP contribution >= 0.6 is 0 Å². The lowest BCUT2D eigenvalue weighted by atomic mass is 10.1. The van der Waals surface area contributed by atoms with Gasteiger partial charge in [-0.15, -0.1) is 0 Å². The Hall–Kier alpha value is -2.46. The molecular formula is C23H28N2O2. The quantitative estimate of drug-likeness (QED) is 0.631. The van der Waals surface area contributed by atoms with Crippen molar-refractivity contribution in [2.45, 2.75) is 32.4 Å². The van der Waals surface area contributed by atoms with Crippen LogP contribution in [0.3, 0.4) is 0 Å². The van der Waals surface area contributed by atoms with E-state index in [0.717, 1.165) is 18.0 Å². The summed E-state index contributed by atoms with van der Waals surface area (Å²) in [4.78, 5) is 2.58. The number of para-hydroxylation sites is 3. The van der Waals surface area contributed by atoms with Gasteiger partial charge in [-0.1, -0.05) is 36.8 Å². The second kappa shape index (κ2) is 8.05. The predicted octanol–water partition coefficient (Wildman–Crippen LogP) is 4.75. The van der Waals surface area contributed by atoms with Crippen LogP contribution in [0.4, 0.5) is 0 Å². The molecule has 1 aliphatic heterocycles. The fourth-order valence-corrected chi connectivity index (χ4v) is 4.11. The SMILES string of the molecule is COc1ccccc1OCc1c(CN2CCCCC2)c2ccccc2n1C. The summed E-state index contributed by atoms with van der Waals surface area (Å²) in [5, 5.41) is 1.34. The van der Waals surface area contributed by atoms with Gasteiger partial charge in [0.25, 0.3) is 0 Å². The minimum Gasteiger partial charge on any atom is -0.493 e. The van der Waals surface area contributed by atoms with Crippen LogP contribution in [0.25, 0.3) is 10.9 Å². The van der Waals surface area contributed by atoms with E-state index in [1.54, 1.807) is 7.11 Å². The molecule has 2 aromatic carbocycles. The first-order valence-corrected chi connectivity index (χ1v) is 9.81. The molecule has 0 N–H and O–H groups in total. The standard InChI is InChI=1S/C23H28N2O2/c1-24-20-11-5-4-10-18(20)19(16-25-14-8-3-9-15-25)21(24)17-27-23-13-7-6-12-22(23)26-2/h4-7,10-13H,3,8-9,14-17H2,1-2H3. The number of methoxy groups -OCH3 is 1. The van der Waals surface area contributed by atoms with Gasteiger partial charge in [0.2, 0.25) is 0 Å². The molecule has 0 saturated carbocycles. The number of likely N-dealkylation sites (tertiary alicyclic amines) is 1. The molecule has 27 heavy (non-hydrogen) atoms. The van der Waals surface area contributed by atoms with Crippen LogP contribution in [0.1, 0.15) is 30.5 Å². The molecule has 4 rings (SSSR count). The molecule has 1 saturated heterocycles. The highest BCUT2D eigenvalue weighted by Crippen LogP contribution is 2.31. The van der Waals surface area contributed by atoms with Gasteiger partial charge in [-0.05, 0) is 49.7 Å². The maximum atomic E-state index is 6.19. The Balaban J connectivity index is 1.66. The Morgan fingerprint density at radius 3 is 2.37 bits per heavy atom. The molecule has 4 heteroatoms. The number of ether oxygens (including phenoxy) is 2. The van der Waals surface area contributed by atoms with Crippen molar-refractivity contribution in [1.29, 1.82) is 0 Å². The van der Waals surface area contributed by atoms with E-state index in [9.17, 15) is 0 Å². The van der Waals surface area contributed by atoms with Gasteiger partial charge in [-0.25, -0.2) is 0 Å². The molecule has 0 unspecified atom stereocenters. The highest BCUT2D eigenvalue weighted by Gasteiger charge is 2.19. The summed E-state index contributed by atoms with van der Waals surface area (Å²) in [7, 11) is 3.82. The van der Waals surface area contributed by atoms with E-state index in [1.807, 2.05) is 24.3 Å². The Morgan fingerprint density at radius 1 is 0.889 bits per heavy atom. The zero-order chi connectivity index (χ0) is 18.6. The number of fused-ring (bicyclic) bond motifs is 1. The number of piperidine rings is 1. The van der Waals surface area contributed by atoms with Gasteiger partial charge >= 0.3 is 0 Å². The lowest BCUT2D eigenvalue weighted by molar-refractivity contribution is 0.218. The first-order chi connectivity index (χ1) is 13.3. The monoisotopic (exact) mass is 364 g/mol. The summed E-state index contributed by atoms with van der Waals surface area (Å²) >= 11 is 0. The lowest BCUT2D eigenvalue weighted by Gasteiger charge is -2.26. The van der Waals surface area contributed by atoms with Crippen LogP contribution in [0.2, 0.25) is 0 Å². The van der Waals surface area contributed by atoms with E-state index in [2.05, 4.69) is 40.8 Å². The number of hydrogen-bond donors (Lipinski definition) is 0. The fourth-order valence-electron chi connectivity index (χ4n) is 4.11. The van der Waals surface area contributed by atoms with E-state index in [4.69, 9.17) is 9.47 Å². The Bertz CT molecular complexity index is 910. The summed E-state index contributed by atoms with van der Waals surface area (Å²) in [5.41, 5.74) is 3.90. The summed E-state index contributed by atoms with van der Waals surface area (Å²) in [6, 6.07) is 16.5. The number of rotatable bonds is 6. The summed E-state index contributed by atoms with van der Waals surface area (Å²) in [6.45, 7) is 3.91. The van der Waals surface area contributed by atoms with Crippen LogP contribution in [0.15, 0.2) is 48.5 Å².